The predicted octanol–water partition coefficient (Wildman–Crippen LogP) is -10.9. The Labute approximate surface area is 376 Å². The molecule has 0 radical (unpaired) electrons. The zero-order chi connectivity index (χ0) is 49.2. The van der Waals surface area contributed by atoms with Gasteiger partial charge in [0.2, 0.25) is 0 Å². The third kappa shape index (κ3) is 22.7. The first-order valence-corrected chi connectivity index (χ1v) is 22.5. The molecule has 38 heteroatoms. The number of aliphatic hydroxyl groups excluding tert-OH is 6. The van der Waals surface area contributed by atoms with Crippen LogP contribution in [-0.2, 0) is 34.1 Å². The summed E-state index contributed by atoms with van der Waals surface area (Å²) in [5, 5.41) is 58.6. The summed E-state index contributed by atoms with van der Waals surface area (Å²) in [6.07, 6.45) is -9.07. The Morgan fingerprint density at radius 3 is 1.77 bits per heavy atom. The Bertz CT molecular complexity index is 2480. The van der Waals surface area contributed by atoms with E-state index in [2.05, 4.69) is 14.5 Å². The van der Waals surface area contributed by atoms with Crippen molar-refractivity contribution in [1.29, 1.82) is 0 Å². The number of H-pyrrole nitrogens is 2. The largest absolute Gasteiger partial charge is 1.00 e. The van der Waals surface area contributed by atoms with Crippen LogP contribution in [0.25, 0.3) is 22.6 Å². The van der Waals surface area contributed by atoms with Gasteiger partial charge in [0, 0.05) is 12.3 Å². The van der Waals surface area contributed by atoms with Crippen LogP contribution < -0.4 is 56.9 Å². The zero-order valence-corrected chi connectivity index (χ0v) is 38.3. The summed E-state index contributed by atoms with van der Waals surface area (Å²) >= 11 is 0. The Hall–Kier alpha value is -2.66. The number of aryl methyl sites for hydroxylation is 2. The molecule has 1 saturated heterocycles. The Morgan fingerprint density at radius 2 is 1.31 bits per heavy atom. The molecular formula is C26H41N6NaO27P4. The predicted molar refractivity (Wildman–Crippen MR) is 201 cm³/mol. The van der Waals surface area contributed by atoms with Crippen molar-refractivity contribution in [3.05, 3.63) is 77.2 Å². The Morgan fingerprint density at radius 1 is 0.812 bits per heavy atom. The van der Waals surface area contributed by atoms with E-state index in [1.54, 1.807) is 12.1 Å². The topological polar surface area (TPSA) is 569 Å². The molecule has 1 aromatic carbocycles. The molecule has 2 aromatic rings. The van der Waals surface area contributed by atoms with Crippen LogP contribution in [0, 0.1) is 13.8 Å². The van der Waals surface area contributed by atoms with Crippen LogP contribution in [0.15, 0.2) is 43.6 Å². The Balaban J connectivity index is 0.000000999. The number of hydrogen-bond donors (Lipinski definition) is 18. The molecule has 8 atom stereocenters. The van der Waals surface area contributed by atoms with E-state index in [4.69, 9.17) is 72.5 Å². The fourth-order valence-electron chi connectivity index (χ4n) is 4.79. The van der Waals surface area contributed by atoms with E-state index in [1.165, 1.54) is 4.57 Å². The van der Waals surface area contributed by atoms with Crippen LogP contribution >= 0.6 is 31.3 Å². The van der Waals surface area contributed by atoms with Crippen LogP contribution in [0.4, 0.5) is 0 Å². The number of phosphoric acid groups is 4. The van der Waals surface area contributed by atoms with E-state index in [0.29, 0.717) is 11.0 Å². The standard InChI is InChI=1S/C17H21N4O9P.C9H12N2O6.Na.3H3O4P/c1-7-3-9-10(4-8(7)2)21(15-13(18-9)16(25)20-17(26)19-15)5-11(22)14(24)12(23)6-30-31(27,28)29;12-3-4-6(14)7(15)8(17-4)11-2-1-5(13)10-9(11)16;;3*1-5(2,3)4/h3-4,11-12,14,22-24H,5-6H2,1-2H3,(H,20,25,26)(H2,27,28,29);1-2,4,6-8,12,14-15H,3H2,(H,10,13,16);;3*(H3,1,2,3,4)/q;;+1;;;/p-1/t11-,12+,14-;4-,6-,7-,8-;;;;/m01..../s1. The third-order valence-corrected chi connectivity index (χ3v) is 7.91. The van der Waals surface area contributed by atoms with Crippen molar-refractivity contribution >= 4 is 42.3 Å². The first-order chi connectivity index (χ1) is 28.4. The van der Waals surface area contributed by atoms with Crippen molar-refractivity contribution in [3.8, 4) is 11.5 Å². The number of phosphoric ester groups is 1. The normalized spacial score (nSPS) is 19.7. The van der Waals surface area contributed by atoms with Crippen molar-refractivity contribution in [1.82, 2.24) is 29.1 Å². The molecule has 0 amide bonds. The maximum absolute atomic E-state index is 12.2. The number of fused-ring (bicyclic) bond motifs is 2. The van der Waals surface area contributed by atoms with Gasteiger partial charge in [0.1, 0.15) is 36.6 Å². The minimum Gasteiger partial charge on any atom is -0.756 e. The summed E-state index contributed by atoms with van der Waals surface area (Å²) < 4.78 is 48.7. The number of nitrogens with zero attached hydrogens (tertiary/aromatic N) is 4. The van der Waals surface area contributed by atoms with Gasteiger partial charge in [-0.3, -0.25) is 28.7 Å². The molecule has 0 saturated carbocycles. The quantitative estimate of drug-likeness (QED) is 0.0420. The second kappa shape index (κ2) is 25.5. The van der Waals surface area contributed by atoms with Gasteiger partial charge in [-0.05, 0) is 37.1 Å². The molecular weight excluding hydrogens is 975 g/mol. The van der Waals surface area contributed by atoms with Crippen molar-refractivity contribution < 1.29 is 142 Å². The number of aromatic nitrogens is 6. The maximum Gasteiger partial charge on any atom is 1.00 e. The molecule has 1 fully saturated rings. The Kier molecular flexibility index (Phi) is 24.4. The van der Waals surface area contributed by atoms with Gasteiger partial charge in [-0.1, -0.05) is 0 Å². The van der Waals surface area contributed by atoms with E-state index in [9.17, 15) is 54.2 Å². The molecule has 358 valence electrons. The van der Waals surface area contributed by atoms with Gasteiger partial charge in [0.25, 0.3) is 18.9 Å². The van der Waals surface area contributed by atoms with Gasteiger partial charge in [-0.25, -0.2) is 28.3 Å². The third-order valence-electron chi connectivity index (χ3n) is 7.43. The summed E-state index contributed by atoms with van der Waals surface area (Å²) in [4.78, 5) is 142. The van der Waals surface area contributed by atoms with Crippen LogP contribution in [0.2, 0.25) is 0 Å². The zero-order valence-electron chi connectivity index (χ0n) is 32.7. The summed E-state index contributed by atoms with van der Waals surface area (Å²) in [5.41, 5.74) is -0.763. The van der Waals surface area contributed by atoms with Gasteiger partial charge >= 0.3 is 64.4 Å². The molecule has 64 heavy (non-hydrogen) atoms. The van der Waals surface area contributed by atoms with Crippen molar-refractivity contribution in [3.63, 3.8) is 0 Å². The molecule has 1 unspecified atom stereocenters. The summed E-state index contributed by atoms with van der Waals surface area (Å²) in [6.45, 7) is 1.72. The van der Waals surface area contributed by atoms with Gasteiger partial charge < -0.3 is 98.3 Å². The number of benzene rings is 1. The number of ether oxygens (including phenoxy) is 1. The number of nitrogens with one attached hydrogen (secondary N) is 2. The number of hydrogen-bond acceptors (Lipinski definition) is 19. The molecule has 3 aliphatic rings. The molecule has 0 aliphatic carbocycles. The SMILES string of the molecule is Cc1cc2nc3c(=O)[nH]c(=O)nc-3n(C[C@H](O)[C@H](O)[C@H](O)COP(=O)([O-])O)c2cc1C.O=P(O)(O)O.O=P(O)(O)O.O=P(O)(O)O.O=c1ccn([C@@H]2O[C@H](CO)[C@@H](O)[C@H]2O)c(=O)[nH]1.[Na+]. The summed E-state index contributed by atoms with van der Waals surface area (Å²) in [7, 11) is -19.1. The molecule has 3 aliphatic heterocycles. The molecule has 33 nitrogen and oxygen atoms in total. The molecule has 5 rings (SSSR count). The van der Waals surface area contributed by atoms with Crippen LogP contribution in [0.1, 0.15) is 17.4 Å². The smallest absolute Gasteiger partial charge is 0.756 e. The molecule has 1 aromatic heterocycles. The van der Waals surface area contributed by atoms with Crippen LogP contribution in [0.5, 0.6) is 0 Å². The van der Waals surface area contributed by atoms with Gasteiger partial charge in [0.15, 0.2) is 17.7 Å². The minimum atomic E-state index is -5.14. The number of aromatic amines is 2. The maximum atomic E-state index is 12.2. The van der Waals surface area contributed by atoms with Gasteiger partial charge in [-0.15, -0.1) is 0 Å². The fraction of sp³-hybridized carbons (Fsp3) is 0.462. The second-order valence-electron chi connectivity index (χ2n) is 12.4. The van der Waals surface area contributed by atoms with E-state index in [-0.39, 0.29) is 41.1 Å². The average molecular weight is 1020 g/mol. The summed E-state index contributed by atoms with van der Waals surface area (Å²) in [6, 6.07) is 4.49. The monoisotopic (exact) mass is 1020 g/mol. The van der Waals surface area contributed by atoms with Crippen molar-refractivity contribution in [2.24, 2.45) is 0 Å². The first kappa shape index (κ1) is 61.3. The van der Waals surface area contributed by atoms with E-state index < -0.39 is 116 Å². The second-order valence-corrected chi connectivity index (χ2v) is 16.6. The fourth-order valence-corrected chi connectivity index (χ4v) is 5.13. The summed E-state index contributed by atoms with van der Waals surface area (Å²) in [5.74, 6) is -0.152. The minimum absolute atomic E-state index is 0. The van der Waals surface area contributed by atoms with E-state index >= 15 is 0 Å². The van der Waals surface area contributed by atoms with Crippen LogP contribution in [-0.4, -0.2) is 158 Å². The molecule has 18 N–H and O–H groups in total. The molecule has 0 spiro atoms. The number of rotatable bonds is 9. The molecule has 4 heterocycles. The van der Waals surface area contributed by atoms with Crippen LogP contribution in [0.3, 0.4) is 0 Å². The van der Waals surface area contributed by atoms with Gasteiger partial charge in [0.05, 0.1) is 30.8 Å². The van der Waals surface area contributed by atoms with Gasteiger partial charge in [-0.2, -0.15) is 4.98 Å². The first-order valence-electron chi connectivity index (χ1n) is 16.3. The van der Waals surface area contributed by atoms with Crippen molar-refractivity contribution in [2.45, 2.75) is 63.2 Å². The molecule has 0 bridgehead atoms. The van der Waals surface area contributed by atoms with Crippen molar-refractivity contribution in [2.75, 3.05) is 13.2 Å². The van der Waals surface area contributed by atoms with E-state index in [0.717, 1.165) is 28.0 Å². The number of aliphatic hydroxyl groups is 6. The average Bonchev–Trinajstić information content (AvgIpc) is 3.38. The van der Waals surface area contributed by atoms with E-state index in [1.807, 2.05) is 23.8 Å².